The lowest BCUT2D eigenvalue weighted by Gasteiger charge is -1.93. The van der Waals surface area contributed by atoms with Crippen LogP contribution in [0.4, 0.5) is 0 Å². The fraction of sp³-hybridized carbons (Fsp3) is 0.200. The van der Waals surface area contributed by atoms with E-state index in [2.05, 4.69) is 49.6 Å². The Bertz CT molecular complexity index is 367. The average Bonchev–Trinajstić information content (AvgIpc) is 2.33. The van der Waals surface area contributed by atoms with Crippen molar-refractivity contribution in [1.82, 2.24) is 0 Å². The largest absolute Gasteiger partial charge is 0.161 e. The van der Waals surface area contributed by atoms with Crippen molar-refractivity contribution in [3.05, 3.63) is 71.8 Å². The van der Waals surface area contributed by atoms with E-state index >= 15 is 0 Å². The van der Waals surface area contributed by atoms with E-state index in [1.165, 1.54) is 11.1 Å². The molecular formula is C15H18S. The molecule has 0 radical (unpaired) electrons. The number of benzene rings is 2. The SMILES string of the molecule is CSCc1ccccc1.Cc1ccccc1. The Labute approximate surface area is 103 Å². The van der Waals surface area contributed by atoms with Crippen molar-refractivity contribution in [3.63, 3.8) is 0 Å². The molecule has 0 aromatic heterocycles. The zero-order chi connectivity index (χ0) is 11.6. The molecule has 0 heterocycles. The smallest absolute Gasteiger partial charge is 0.0181 e. The topological polar surface area (TPSA) is 0 Å². The third-order valence-electron chi connectivity index (χ3n) is 2.09. The number of hydrogen-bond acceptors (Lipinski definition) is 1. The first-order chi connectivity index (χ1) is 7.83. The highest BCUT2D eigenvalue weighted by Crippen LogP contribution is 2.06. The first-order valence-corrected chi connectivity index (χ1v) is 6.77. The summed E-state index contributed by atoms with van der Waals surface area (Å²) in [4.78, 5) is 0. The Kier molecular flexibility index (Phi) is 6.43. The van der Waals surface area contributed by atoms with Gasteiger partial charge in [-0.15, -0.1) is 0 Å². The summed E-state index contributed by atoms with van der Waals surface area (Å²) in [5.74, 6) is 1.13. The van der Waals surface area contributed by atoms with Crippen LogP contribution in [0.5, 0.6) is 0 Å². The van der Waals surface area contributed by atoms with Crippen LogP contribution in [0.1, 0.15) is 11.1 Å². The molecule has 0 aliphatic carbocycles. The molecule has 0 fully saturated rings. The molecule has 2 aromatic carbocycles. The zero-order valence-electron chi connectivity index (χ0n) is 9.89. The van der Waals surface area contributed by atoms with Gasteiger partial charge in [0.25, 0.3) is 0 Å². The van der Waals surface area contributed by atoms with Gasteiger partial charge < -0.3 is 0 Å². The normalized spacial score (nSPS) is 9.12. The maximum absolute atomic E-state index is 2.15. The lowest BCUT2D eigenvalue weighted by atomic mass is 10.2. The fourth-order valence-corrected chi connectivity index (χ4v) is 1.80. The molecule has 0 nitrogen and oxygen atoms in total. The summed E-state index contributed by atoms with van der Waals surface area (Å²) in [7, 11) is 0. The molecule has 0 aliphatic heterocycles. The van der Waals surface area contributed by atoms with Gasteiger partial charge in [-0.3, -0.25) is 0 Å². The van der Waals surface area contributed by atoms with Gasteiger partial charge in [-0.25, -0.2) is 0 Å². The van der Waals surface area contributed by atoms with Crippen molar-refractivity contribution in [1.29, 1.82) is 0 Å². The second-order valence-corrected chi connectivity index (χ2v) is 4.44. The molecule has 2 rings (SSSR count). The Morgan fingerprint density at radius 3 is 1.69 bits per heavy atom. The lowest BCUT2D eigenvalue weighted by molar-refractivity contribution is 1.42. The summed E-state index contributed by atoms with van der Waals surface area (Å²) >= 11 is 1.85. The standard InChI is InChI=1S/C8H10S.C7H8/c1-9-7-8-5-3-2-4-6-8;1-7-5-3-2-4-6-7/h2-6H,7H2,1H3;2-6H,1H3. The first kappa shape index (κ1) is 12.9. The first-order valence-electron chi connectivity index (χ1n) is 5.37. The molecule has 0 amide bonds. The summed E-state index contributed by atoms with van der Waals surface area (Å²) in [6.07, 6.45) is 2.12. The Morgan fingerprint density at radius 1 is 0.812 bits per heavy atom. The van der Waals surface area contributed by atoms with Crippen molar-refractivity contribution in [3.8, 4) is 0 Å². The molecule has 0 saturated carbocycles. The monoisotopic (exact) mass is 230 g/mol. The van der Waals surface area contributed by atoms with Crippen molar-refractivity contribution >= 4 is 11.8 Å². The third kappa shape index (κ3) is 5.62. The van der Waals surface area contributed by atoms with E-state index in [-0.39, 0.29) is 0 Å². The van der Waals surface area contributed by atoms with Crippen LogP contribution in [0.15, 0.2) is 60.7 Å². The van der Waals surface area contributed by atoms with Gasteiger partial charge in [0.2, 0.25) is 0 Å². The molecule has 0 atom stereocenters. The maximum Gasteiger partial charge on any atom is 0.0181 e. The Balaban J connectivity index is 0.000000165. The van der Waals surface area contributed by atoms with Crippen molar-refractivity contribution < 1.29 is 0 Å². The summed E-state index contributed by atoms with van der Waals surface area (Å²) in [5.41, 5.74) is 2.73. The summed E-state index contributed by atoms with van der Waals surface area (Å²) in [6, 6.07) is 20.8. The fourth-order valence-electron chi connectivity index (χ4n) is 1.28. The predicted molar refractivity (Wildman–Crippen MR) is 74.8 cm³/mol. The van der Waals surface area contributed by atoms with Gasteiger partial charge in [0.05, 0.1) is 0 Å². The minimum atomic E-state index is 1.13. The molecule has 2 aromatic rings. The van der Waals surface area contributed by atoms with Gasteiger partial charge in [-0.1, -0.05) is 66.2 Å². The van der Waals surface area contributed by atoms with Crippen LogP contribution in [0.2, 0.25) is 0 Å². The van der Waals surface area contributed by atoms with Crippen molar-refractivity contribution in [2.45, 2.75) is 12.7 Å². The minimum absolute atomic E-state index is 1.13. The third-order valence-corrected chi connectivity index (χ3v) is 2.72. The predicted octanol–water partition coefficient (Wildman–Crippen LogP) is 4.54. The van der Waals surface area contributed by atoms with Crippen LogP contribution < -0.4 is 0 Å². The Morgan fingerprint density at radius 2 is 1.31 bits per heavy atom. The van der Waals surface area contributed by atoms with Gasteiger partial charge in [-0.05, 0) is 18.7 Å². The van der Waals surface area contributed by atoms with E-state index in [0.29, 0.717) is 0 Å². The van der Waals surface area contributed by atoms with Gasteiger partial charge in [0, 0.05) is 5.75 Å². The number of hydrogen-bond donors (Lipinski definition) is 0. The van der Waals surface area contributed by atoms with Gasteiger partial charge in [0.15, 0.2) is 0 Å². The van der Waals surface area contributed by atoms with Gasteiger partial charge in [0.1, 0.15) is 0 Å². The number of thioether (sulfide) groups is 1. The molecule has 0 bridgehead atoms. The molecule has 16 heavy (non-hydrogen) atoms. The molecular weight excluding hydrogens is 212 g/mol. The molecule has 0 aliphatic rings. The van der Waals surface area contributed by atoms with E-state index in [1.54, 1.807) is 0 Å². The second kappa shape index (κ2) is 8.00. The van der Waals surface area contributed by atoms with Crippen molar-refractivity contribution in [2.24, 2.45) is 0 Å². The van der Waals surface area contributed by atoms with Crippen LogP contribution in [0.25, 0.3) is 0 Å². The highest BCUT2D eigenvalue weighted by molar-refractivity contribution is 7.97. The minimum Gasteiger partial charge on any atom is -0.161 e. The summed E-state index contributed by atoms with van der Waals surface area (Å²) < 4.78 is 0. The molecule has 1 heteroatoms. The quantitative estimate of drug-likeness (QED) is 0.729. The number of aryl methyl sites for hydroxylation is 1. The van der Waals surface area contributed by atoms with E-state index < -0.39 is 0 Å². The van der Waals surface area contributed by atoms with E-state index in [0.717, 1.165) is 5.75 Å². The maximum atomic E-state index is 2.15. The number of rotatable bonds is 2. The van der Waals surface area contributed by atoms with Crippen LogP contribution in [-0.4, -0.2) is 6.26 Å². The van der Waals surface area contributed by atoms with Crippen LogP contribution >= 0.6 is 11.8 Å². The Hall–Kier alpha value is -1.21. The van der Waals surface area contributed by atoms with E-state index in [4.69, 9.17) is 0 Å². The second-order valence-electron chi connectivity index (χ2n) is 3.57. The summed E-state index contributed by atoms with van der Waals surface area (Å²) in [5, 5.41) is 0. The van der Waals surface area contributed by atoms with Crippen LogP contribution in [0, 0.1) is 6.92 Å². The molecule has 0 spiro atoms. The molecule has 0 saturated heterocycles. The molecule has 0 unspecified atom stereocenters. The molecule has 0 N–H and O–H groups in total. The van der Waals surface area contributed by atoms with E-state index in [1.807, 2.05) is 36.0 Å². The van der Waals surface area contributed by atoms with Crippen LogP contribution in [0.3, 0.4) is 0 Å². The average molecular weight is 230 g/mol. The summed E-state index contributed by atoms with van der Waals surface area (Å²) in [6.45, 7) is 2.08. The van der Waals surface area contributed by atoms with Gasteiger partial charge >= 0.3 is 0 Å². The van der Waals surface area contributed by atoms with Crippen molar-refractivity contribution in [2.75, 3.05) is 6.26 Å². The van der Waals surface area contributed by atoms with Gasteiger partial charge in [-0.2, -0.15) is 11.8 Å². The molecule has 84 valence electrons. The van der Waals surface area contributed by atoms with Crippen LogP contribution in [-0.2, 0) is 5.75 Å². The van der Waals surface area contributed by atoms with E-state index in [9.17, 15) is 0 Å². The highest BCUT2D eigenvalue weighted by atomic mass is 32.2. The highest BCUT2D eigenvalue weighted by Gasteiger charge is 1.84. The zero-order valence-corrected chi connectivity index (χ0v) is 10.7. The lowest BCUT2D eigenvalue weighted by Crippen LogP contribution is -1.74.